The summed E-state index contributed by atoms with van der Waals surface area (Å²) in [4.78, 5) is 13.3. The molecule has 0 aliphatic heterocycles. The molecule has 2 rings (SSSR count). The molecule has 2 aromatic carbocycles. The van der Waals surface area contributed by atoms with Crippen molar-refractivity contribution in [1.29, 1.82) is 0 Å². The molecule has 0 saturated carbocycles. The summed E-state index contributed by atoms with van der Waals surface area (Å²) >= 11 is 0. The number of carbonyl (C=O) groups is 1. The first kappa shape index (κ1) is 18.0. The molecule has 0 bridgehead atoms. The third-order valence-electron chi connectivity index (χ3n) is 3.77. The first-order valence-electron chi connectivity index (χ1n) is 8.24. The Hall–Kier alpha value is -2.33. The number of hydrogen-bond acceptors (Lipinski definition) is 4. The molecule has 4 nitrogen and oxygen atoms in total. The standard InChI is InChI=1S/C20H25NO3/c1-17(16-24-20-11-7-4-8-12-20)21(13-14-23-18(2)22)15-19-9-5-3-6-10-19/h3-12,17H,13-16H2,1-2H3. The van der Waals surface area contributed by atoms with Gasteiger partial charge in [0.05, 0.1) is 0 Å². The Morgan fingerprint density at radius 3 is 2.29 bits per heavy atom. The van der Waals surface area contributed by atoms with E-state index >= 15 is 0 Å². The van der Waals surface area contributed by atoms with E-state index < -0.39 is 0 Å². The molecular formula is C20H25NO3. The molecule has 0 aromatic heterocycles. The van der Waals surface area contributed by atoms with Gasteiger partial charge < -0.3 is 9.47 Å². The lowest BCUT2D eigenvalue weighted by Gasteiger charge is -2.29. The van der Waals surface area contributed by atoms with Crippen LogP contribution in [0.25, 0.3) is 0 Å². The molecule has 2 aromatic rings. The zero-order valence-electron chi connectivity index (χ0n) is 14.4. The van der Waals surface area contributed by atoms with E-state index in [0.29, 0.717) is 19.8 Å². The van der Waals surface area contributed by atoms with Crippen LogP contribution < -0.4 is 4.74 Å². The van der Waals surface area contributed by atoms with E-state index in [0.717, 1.165) is 12.3 Å². The van der Waals surface area contributed by atoms with E-state index in [1.165, 1.54) is 12.5 Å². The molecule has 0 aliphatic rings. The van der Waals surface area contributed by atoms with E-state index in [1.54, 1.807) is 0 Å². The molecule has 0 radical (unpaired) electrons. The first-order chi connectivity index (χ1) is 11.6. The van der Waals surface area contributed by atoms with Gasteiger partial charge in [0.2, 0.25) is 0 Å². The summed E-state index contributed by atoms with van der Waals surface area (Å²) in [6.07, 6.45) is 0. The number of hydrogen-bond donors (Lipinski definition) is 0. The minimum absolute atomic E-state index is 0.195. The summed E-state index contributed by atoms with van der Waals surface area (Å²) in [5.74, 6) is 0.617. The lowest BCUT2D eigenvalue weighted by atomic mass is 10.2. The van der Waals surface area contributed by atoms with Gasteiger partial charge in [-0.3, -0.25) is 9.69 Å². The Bertz CT molecular complexity index is 601. The Balaban J connectivity index is 1.93. The third-order valence-corrected chi connectivity index (χ3v) is 3.77. The SMILES string of the molecule is CC(=O)OCCN(Cc1ccccc1)C(C)COc1ccccc1. The molecule has 0 heterocycles. The molecule has 1 unspecified atom stereocenters. The largest absolute Gasteiger partial charge is 0.492 e. The predicted molar refractivity (Wildman–Crippen MR) is 94.9 cm³/mol. The number of carbonyl (C=O) groups excluding carboxylic acids is 1. The van der Waals surface area contributed by atoms with Crippen LogP contribution in [0.15, 0.2) is 60.7 Å². The van der Waals surface area contributed by atoms with Crippen molar-refractivity contribution in [2.24, 2.45) is 0 Å². The fraction of sp³-hybridized carbons (Fsp3) is 0.350. The molecular weight excluding hydrogens is 302 g/mol. The average molecular weight is 327 g/mol. The van der Waals surface area contributed by atoms with Crippen molar-refractivity contribution in [2.45, 2.75) is 26.4 Å². The van der Waals surface area contributed by atoms with Crippen molar-refractivity contribution in [3.8, 4) is 5.75 Å². The molecule has 0 N–H and O–H groups in total. The van der Waals surface area contributed by atoms with Crippen LogP contribution in [0.4, 0.5) is 0 Å². The monoisotopic (exact) mass is 327 g/mol. The molecule has 0 amide bonds. The second-order valence-electron chi connectivity index (χ2n) is 5.77. The normalized spacial score (nSPS) is 12.0. The maximum Gasteiger partial charge on any atom is 0.302 e. The summed E-state index contributed by atoms with van der Waals surface area (Å²) in [6, 6.07) is 20.3. The van der Waals surface area contributed by atoms with Crippen LogP contribution in [-0.2, 0) is 16.1 Å². The van der Waals surface area contributed by atoms with Gasteiger partial charge in [-0.1, -0.05) is 48.5 Å². The van der Waals surface area contributed by atoms with Gasteiger partial charge in [0.15, 0.2) is 0 Å². The lowest BCUT2D eigenvalue weighted by Crippen LogP contribution is -2.39. The highest BCUT2D eigenvalue weighted by molar-refractivity contribution is 5.65. The van der Waals surface area contributed by atoms with E-state index in [2.05, 4.69) is 24.0 Å². The molecule has 128 valence electrons. The van der Waals surface area contributed by atoms with Crippen LogP contribution in [-0.4, -0.2) is 36.7 Å². The first-order valence-corrected chi connectivity index (χ1v) is 8.24. The van der Waals surface area contributed by atoms with Gasteiger partial charge in [-0.2, -0.15) is 0 Å². The van der Waals surface area contributed by atoms with Gasteiger partial charge in [0.25, 0.3) is 0 Å². The Morgan fingerprint density at radius 2 is 1.67 bits per heavy atom. The summed E-state index contributed by atoms with van der Waals surface area (Å²) in [6.45, 7) is 5.99. The summed E-state index contributed by atoms with van der Waals surface area (Å²) in [7, 11) is 0. The zero-order chi connectivity index (χ0) is 17.2. The van der Waals surface area contributed by atoms with E-state index in [-0.39, 0.29) is 12.0 Å². The van der Waals surface area contributed by atoms with E-state index in [1.807, 2.05) is 48.5 Å². The van der Waals surface area contributed by atoms with Crippen LogP contribution in [0.5, 0.6) is 5.75 Å². The minimum Gasteiger partial charge on any atom is -0.492 e. The Morgan fingerprint density at radius 1 is 1.04 bits per heavy atom. The van der Waals surface area contributed by atoms with Gasteiger partial charge >= 0.3 is 5.97 Å². The predicted octanol–water partition coefficient (Wildman–Crippen LogP) is 3.52. The molecule has 4 heteroatoms. The highest BCUT2D eigenvalue weighted by atomic mass is 16.5. The maximum atomic E-state index is 11.0. The highest BCUT2D eigenvalue weighted by Crippen LogP contribution is 2.12. The van der Waals surface area contributed by atoms with Crippen molar-refractivity contribution in [3.63, 3.8) is 0 Å². The van der Waals surface area contributed by atoms with Crippen LogP contribution in [0.1, 0.15) is 19.4 Å². The third kappa shape index (κ3) is 6.42. The van der Waals surface area contributed by atoms with Crippen molar-refractivity contribution in [2.75, 3.05) is 19.8 Å². The number of benzene rings is 2. The van der Waals surface area contributed by atoms with Crippen molar-refractivity contribution in [1.82, 2.24) is 4.90 Å². The van der Waals surface area contributed by atoms with Crippen LogP contribution in [0.3, 0.4) is 0 Å². The molecule has 0 aliphatic carbocycles. The summed E-state index contributed by atoms with van der Waals surface area (Å²) in [5.41, 5.74) is 1.23. The number of ether oxygens (including phenoxy) is 2. The highest BCUT2D eigenvalue weighted by Gasteiger charge is 2.15. The summed E-state index contributed by atoms with van der Waals surface area (Å²) < 4.78 is 11.0. The maximum absolute atomic E-state index is 11.0. The quantitative estimate of drug-likeness (QED) is 0.661. The lowest BCUT2D eigenvalue weighted by molar-refractivity contribution is -0.141. The van der Waals surface area contributed by atoms with Crippen LogP contribution in [0, 0.1) is 0 Å². The van der Waals surface area contributed by atoms with Crippen molar-refractivity contribution < 1.29 is 14.3 Å². The van der Waals surface area contributed by atoms with Gasteiger partial charge in [-0.05, 0) is 24.6 Å². The van der Waals surface area contributed by atoms with Gasteiger partial charge in [0, 0.05) is 26.1 Å². The number of rotatable bonds is 9. The average Bonchev–Trinajstić information content (AvgIpc) is 2.60. The minimum atomic E-state index is -0.247. The van der Waals surface area contributed by atoms with E-state index in [9.17, 15) is 4.79 Å². The van der Waals surface area contributed by atoms with Crippen LogP contribution >= 0.6 is 0 Å². The van der Waals surface area contributed by atoms with Crippen LogP contribution in [0.2, 0.25) is 0 Å². The van der Waals surface area contributed by atoms with E-state index in [4.69, 9.17) is 9.47 Å². The number of nitrogens with zero attached hydrogens (tertiary/aromatic N) is 1. The van der Waals surface area contributed by atoms with Crippen molar-refractivity contribution in [3.05, 3.63) is 66.2 Å². The zero-order valence-corrected chi connectivity index (χ0v) is 14.4. The second-order valence-corrected chi connectivity index (χ2v) is 5.77. The molecule has 0 spiro atoms. The smallest absolute Gasteiger partial charge is 0.302 e. The molecule has 1 atom stereocenters. The Labute approximate surface area is 144 Å². The molecule has 24 heavy (non-hydrogen) atoms. The topological polar surface area (TPSA) is 38.8 Å². The second kappa shape index (κ2) is 9.73. The van der Waals surface area contributed by atoms with Crippen molar-refractivity contribution >= 4 is 5.97 Å². The fourth-order valence-electron chi connectivity index (χ4n) is 2.42. The molecule has 0 saturated heterocycles. The molecule has 0 fully saturated rings. The number of esters is 1. The Kier molecular flexibility index (Phi) is 7.30. The van der Waals surface area contributed by atoms with Gasteiger partial charge in [0.1, 0.15) is 19.0 Å². The fourth-order valence-corrected chi connectivity index (χ4v) is 2.42. The van der Waals surface area contributed by atoms with Gasteiger partial charge in [-0.15, -0.1) is 0 Å². The number of para-hydroxylation sites is 1. The summed E-state index contributed by atoms with van der Waals surface area (Å²) in [5, 5.41) is 0. The van der Waals surface area contributed by atoms with Gasteiger partial charge in [-0.25, -0.2) is 0 Å².